The highest BCUT2D eigenvalue weighted by Gasteiger charge is 2.41. The van der Waals surface area contributed by atoms with Gasteiger partial charge in [0, 0.05) is 42.7 Å². The molecule has 0 amide bonds. The lowest BCUT2D eigenvalue weighted by atomic mass is 9.72. The van der Waals surface area contributed by atoms with Gasteiger partial charge < -0.3 is 14.8 Å². The van der Waals surface area contributed by atoms with Gasteiger partial charge in [-0.25, -0.2) is 4.79 Å². The third-order valence-corrected chi connectivity index (χ3v) is 7.26. The Kier molecular flexibility index (Phi) is 7.73. The minimum Gasteiger partial charge on any atom is -0.462 e. The molecule has 0 spiro atoms. The van der Waals surface area contributed by atoms with Gasteiger partial charge in [0.1, 0.15) is 5.75 Å². The van der Waals surface area contributed by atoms with Gasteiger partial charge in [-0.3, -0.25) is 9.59 Å². The average molecular weight is 522 g/mol. The number of rotatable bonds is 7. The van der Waals surface area contributed by atoms with Gasteiger partial charge in [0.15, 0.2) is 5.78 Å². The molecule has 2 atom stereocenters. The molecule has 1 N–H and O–H groups in total. The van der Waals surface area contributed by atoms with E-state index in [0.717, 1.165) is 22.4 Å². The molecule has 0 radical (unpaired) electrons. The van der Waals surface area contributed by atoms with Crippen molar-refractivity contribution in [3.8, 4) is 5.75 Å². The zero-order valence-corrected chi connectivity index (χ0v) is 22.1. The minimum atomic E-state index is -0.582. The molecule has 0 unspecified atom stereocenters. The molecule has 6 nitrogen and oxygen atoms in total. The summed E-state index contributed by atoms with van der Waals surface area (Å²) in [5.41, 5.74) is 5.50. The van der Waals surface area contributed by atoms with Gasteiger partial charge in [-0.2, -0.15) is 0 Å². The lowest BCUT2D eigenvalue weighted by molar-refractivity contribution is -0.139. The van der Waals surface area contributed by atoms with Crippen molar-refractivity contribution in [1.82, 2.24) is 5.32 Å². The summed E-state index contributed by atoms with van der Waals surface area (Å²) >= 11 is 0. The van der Waals surface area contributed by atoms with Crippen molar-refractivity contribution in [1.29, 1.82) is 0 Å². The zero-order chi connectivity index (χ0) is 27.4. The summed E-state index contributed by atoms with van der Waals surface area (Å²) in [6.45, 7) is 3.43. The first-order valence-electron chi connectivity index (χ1n) is 13.2. The first kappa shape index (κ1) is 26.2. The molecule has 3 aromatic carbocycles. The second-order valence-electron chi connectivity index (χ2n) is 9.96. The summed E-state index contributed by atoms with van der Waals surface area (Å²) in [5, 5.41) is 3.39. The van der Waals surface area contributed by atoms with Crippen molar-refractivity contribution in [2.45, 2.75) is 44.9 Å². The number of carbonyl (C=O) groups is 3. The van der Waals surface area contributed by atoms with Crippen molar-refractivity contribution >= 4 is 17.7 Å². The summed E-state index contributed by atoms with van der Waals surface area (Å²) in [7, 11) is 0. The number of hydrogen-bond acceptors (Lipinski definition) is 6. The molecular weight excluding hydrogens is 490 g/mol. The highest BCUT2D eigenvalue weighted by Crippen LogP contribution is 2.45. The van der Waals surface area contributed by atoms with Crippen LogP contribution in [0.1, 0.15) is 55.2 Å². The molecule has 198 valence electrons. The average Bonchev–Trinajstić information content (AvgIpc) is 2.93. The molecule has 39 heavy (non-hydrogen) atoms. The van der Waals surface area contributed by atoms with Crippen molar-refractivity contribution < 1.29 is 23.9 Å². The van der Waals surface area contributed by atoms with E-state index in [1.807, 2.05) is 55.5 Å². The Morgan fingerprint density at radius 3 is 2.21 bits per heavy atom. The normalized spacial score (nSPS) is 18.8. The van der Waals surface area contributed by atoms with Crippen LogP contribution >= 0.6 is 0 Å². The molecule has 0 aromatic heterocycles. The monoisotopic (exact) mass is 521 g/mol. The Balaban J connectivity index is 1.47. The molecule has 1 aliphatic heterocycles. The highest BCUT2D eigenvalue weighted by molar-refractivity contribution is 6.04. The first-order valence-corrected chi connectivity index (χ1v) is 13.2. The van der Waals surface area contributed by atoms with Crippen molar-refractivity contribution in [3.05, 3.63) is 124 Å². The number of dihydropyridines is 1. The van der Waals surface area contributed by atoms with Gasteiger partial charge in [-0.1, -0.05) is 72.8 Å². The molecule has 3 aromatic rings. The lowest BCUT2D eigenvalue weighted by Gasteiger charge is -2.36. The van der Waals surface area contributed by atoms with Crippen LogP contribution < -0.4 is 10.1 Å². The predicted molar refractivity (Wildman–Crippen MR) is 148 cm³/mol. The third-order valence-electron chi connectivity index (χ3n) is 7.26. The molecular formula is C33H31NO5. The quantitative estimate of drug-likeness (QED) is 0.315. The molecule has 1 aliphatic carbocycles. The van der Waals surface area contributed by atoms with Crippen LogP contribution in [0.4, 0.5) is 0 Å². The predicted octanol–water partition coefficient (Wildman–Crippen LogP) is 5.76. The van der Waals surface area contributed by atoms with Crippen LogP contribution in [0, 0.1) is 0 Å². The van der Waals surface area contributed by atoms with Crippen LogP contribution in [0.25, 0.3) is 0 Å². The third kappa shape index (κ3) is 5.85. The Morgan fingerprint density at radius 2 is 1.54 bits per heavy atom. The van der Waals surface area contributed by atoms with Gasteiger partial charge in [-0.05, 0) is 48.1 Å². The van der Waals surface area contributed by atoms with Crippen LogP contribution in [-0.4, -0.2) is 24.3 Å². The molecule has 1 heterocycles. The fraction of sp³-hybridized carbons (Fsp3) is 0.242. The van der Waals surface area contributed by atoms with E-state index in [-0.39, 0.29) is 18.3 Å². The van der Waals surface area contributed by atoms with Gasteiger partial charge in [-0.15, -0.1) is 0 Å². The maximum atomic E-state index is 13.7. The summed E-state index contributed by atoms with van der Waals surface area (Å²) in [6, 6.07) is 26.9. The Morgan fingerprint density at radius 1 is 0.872 bits per heavy atom. The highest BCUT2D eigenvalue weighted by atomic mass is 16.5. The zero-order valence-electron chi connectivity index (χ0n) is 22.1. The topological polar surface area (TPSA) is 81.7 Å². The van der Waals surface area contributed by atoms with Crippen LogP contribution in [0.3, 0.4) is 0 Å². The molecule has 0 fully saturated rings. The van der Waals surface area contributed by atoms with E-state index in [4.69, 9.17) is 9.47 Å². The van der Waals surface area contributed by atoms with Gasteiger partial charge in [0.25, 0.3) is 0 Å². The van der Waals surface area contributed by atoms with Crippen LogP contribution in [-0.2, 0) is 25.5 Å². The number of esters is 2. The Labute approximate surface area is 228 Å². The lowest BCUT2D eigenvalue weighted by Crippen LogP contribution is -2.36. The first-order chi connectivity index (χ1) is 18.9. The summed E-state index contributed by atoms with van der Waals surface area (Å²) in [5.74, 6) is -0.975. The number of carbonyl (C=O) groups excluding carboxylic acids is 3. The van der Waals surface area contributed by atoms with Crippen LogP contribution in [0.15, 0.2) is 107 Å². The van der Waals surface area contributed by atoms with Gasteiger partial charge >= 0.3 is 11.9 Å². The van der Waals surface area contributed by atoms with Crippen molar-refractivity contribution in [3.63, 3.8) is 0 Å². The van der Waals surface area contributed by atoms with E-state index in [1.54, 1.807) is 24.3 Å². The van der Waals surface area contributed by atoms with Crippen molar-refractivity contribution in [2.24, 2.45) is 0 Å². The SMILES string of the molecule is CC(=O)Oc1ccc([C@H]2C(C(=O)OCCc3ccccc3)=C(C)NC3=C2C(=O)C[C@@H](c2ccccc2)C3)cc1. The largest absolute Gasteiger partial charge is 0.462 e. The maximum absolute atomic E-state index is 13.7. The minimum absolute atomic E-state index is 0.00810. The van der Waals surface area contributed by atoms with E-state index >= 15 is 0 Å². The number of allylic oxidation sites excluding steroid dienone is 3. The number of ketones is 1. The smallest absolute Gasteiger partial charge is 0.336 e. The van der Waals surface area contributed by atoms with E-state index in [9.17, 15) is 14.4 Å². The van der Waals surface area contributed by atoms with E-state index in [0.29, 0.717) is 41.9 Å². The number of nitrogens with one attached hydrogen (secondary N) is 1. The molecule has 6 heteroatoms. The number of hydrogen-bond donors (Lipinski definition) is 1. The van der Waals surface area contributed by atoms with Gasteiger partial charge in [0.05, 0.1) is 12.2 Å². The van der Waals surface area contributed by atoms with E-state index < -0.39 is 17.9 Å². The summed E-state index contributed by atoms with van der Waals surface area (Å²) in [4.78, 5) is 38.7. The van der Waals surface area contributed by atoms with Crippen LogP contribution in [0.5, 0.6) is 5.75 Å². The molecule has 0 saturated heterocycles. The standard InChI is InChI=1S/C33H31NO5/c1-21-30(33(37)38-18-17-23-9-5-3-6-10-23)31(25-13-15-27(16-14-25)39-22(2)35)32-28(34-21)19-26(20-29(32)36)24-11-7-4-8-12-24/h3-16,26,31,34H,17-20H2,1-2H3/t26-,31-/m0/s1. The summed E-state index contributed by atoms with van der Waals surface area (Å²) < 4.78 is 11.0. The number of Topliss-reactive ketones (excluding diaryl/α,β-unsaturated/α-hetero) is 1. The second kappa shape index (κ2) is 11.5. The second-order valence-corrected chi connectivity index (χ2v) is 9.96. The number of ether oxygens (including phenoxy) is 2. The Hall–Kier alpha value is -4.45. The fourth-order valence-corrected chi connectivity index (χ4v) is 5.48. The molecule has 2 aliphatic rings. The van der Waals surface area contributed by atoms with Crippen molar-refractivity contribution in [2.75, 3.05) is 6.61 Å². The molecule has 5 rings (SSSR count). The number of benzene rings is 3. The Bertz CT molecular complexity index is 1440. The fourth-order valence-electron chi connectivity index (χ4n) is 5.48. The van der Waals surface area contributed by atoms with E-state index in [1.165, 1.54) is 6.92 Å². The maximum Gasteiger partial charge on any atom is 0.336 e. The summed E-state index contributed by atoms with van der Waals surface area (Å²) in [6.07, 6.45) is 1.63. The molecule has 0 saturated carbocycles. The van der Waals surface area contributed by atoms with Gasteiger partial charge in [0.2, 0.25) is 0 Å². The van der Waals surface area contributed by atoms with Crippen LogP contribution in [0.2, 0.25) is 0 Å². The van der Waals surface area contributed by atoms with E-state index in [2.05, 4.69) is 17.4 Å². The molecule has 0 bridgehead atoms.